The van der Waals surface area contributed by atoms with Gasteiger partial charge in [0, 0.05) is 13.0 Å². The maximum absolute atomic E-state index is 8.38. The highest BCUT2D eigenvalue weighted by atomic mass is 14.2. The number of nitriles is 1. The molecule has 0 saturated carbocycles. The predicted molar refractivity (Wildman–Crippen MR) is 35.6 cm³/mol. The minimum absolute atomic E-state index is 0.669. The summed E-state index contributed by atoms with van der Waals surface area (Å²) >= 11 is 0. The molecule has 1 rings (SSSR count). The lowest BCUT2D eigenvalue weighted by atomic mass is 10.2. The third-order valence-corrected chi connectivity index (χ3v) is 1.06. The van der Waals surface area contributed by atoms with Gasteiger partial charge < -0.3 is 0 Å². The van der Waals surface area contributed by atoms with Gasteiger partial charge >= 0.3 is 0 Å². The molecule has 0 radical (unpaired) electrons. The van der Waals surface area contributed by atoms with E-state index >= 15 is 0 Å². The van der Waals surface area contributed by atoms with Gasteiger partial charge in [0.05, 0.1) is 6.07 Å². The lowest BCUT2D eigenvalue weighted by molar-refractivity contribution is 1.47. The van der Waals surface area contributed by atoms with Crippen LogP contribution in [0.5, 0.6) is 0 Å². The molecule has 0 saturated heterocycles. The van der Waals surface area contributed by atoms with Crippen molar-refractivity contribution in [2.45, 2.75) is 0 Å². The second-order valence-corrected chi connectivity index (χ2v) is 1.81. The monoisotopic (exact) mass is 116 g/mol. The molecule has 0 unspecified atom stereocenters. The van der Waals surface area contributed by atoms with Crippen molar-refractivity contribution >= 4 is 0 Å². The van der Waals surface area contributed by atoms with Gasteiger partial charge in [0.1, 0.15) is 17.2 Å². The molecular formula is C8H6N+. The molecule has 42 valence electrons. The number of nitrogens with zero attached hydrogens (tertiary/aromatic N) is 1. The fraction of sp³-hybridized carbons (Fsp3) is 0. The van der Waals surface area contributed by atoms with Crippen molar-refractivity contribution in [2.75, 3.05) is 0 Å². The summed E-state index contributed by atoms with van der Waals surface area (Å²) in [6, 6.07) is 9.22. The van der Waals surface area contributed by atoms with Gasteiger partial charge in [-0.25, -0.2) is 0 Å². The Morgan fingerprint density at radius 3 is 2.67 bits per heavy atom. The Balaban J connectivity index is 3.12. The number of hydrogen-bond acceptors (Lipinski definition) is 1. The molecule has 1 aromatic carbocycles. The Morgan fingerprint density at radius 2 is 2.22 bits per heavy atom. The molecule has 0 aliphatic rings. The molecule has 0 spiro atoms. The highest BCUT2D eigenvalue weighted by Gasteiger charge is 1.94. The summed E-state index contributed by atoms with van der Waals surface area (Å²) in [7, 11) is 0. The quantitative estimate of drug-likeness (QED) is 0.473. The predicted octanol–water partition coefficient (Wildman–Crippen LogP) is 1.74. The summed E-state index contributed by atoms with van der Waals surface area (Å²) in [6.07, 6.45) is 0. The summed E-state index contributed by atoms with van der Waals surface area (Å²) in [4.78, 5) is 0. The standard InChI is InChI=1S/C8H6N/c1-7-3-2-4-8(5-7)6-9/h2-5H,1H2/q+1. The molecule has 0 fully saturated rings. The van der Waals surface area contributed by atoms with E-state index in [-0.39, 0.29) is 0 Å². The minimum atomic E-state index is 0.669. The summed E-state index contributed by atoms with van der Waals surface area (Å²) < 4.78 is 0. The average molecular weight is 116 g/mol. The van der Waals surface area contributed by atoms with Gasteiger partial charge in [-0.15, -0.1) is 0 Å². The zero-order valence-electron chi connectivity index (χ0n) is 4.96. The van der Waals surface area contributed by atoms with Crippen molar-refractivity contribution in [1.82, 2.24) is 0 Å². The van der Waals surface area contributed by atoms with Crippen LogP contribution < -0.4 is 0 Å². The maximum Gasteiger partial charge on any atom is 0.128 e. The van der Waals surface area contributed by atoms with Gasteiger partial charge in [-0.1, -0.05) is 0 Å². The first-order chi connectivity index (χ1) is 4.33. The lowest BCUT2D eigenvalue weighted by Gasteiger charge is -1.79. The third kappa shape index (κ3) is 1.23. The van der Waals surface area contributed by atoms with Crippen LogP contribution in [0.4, 0.5) is 0 Å². The van der Waals surface area contributed by atoms with Crippen molar-refractivity contribution in [1.29, 1.82) is 5.26 Å². The summed E-state index contributed by atoms with van der Waals surface area (Å²) in [5, 5.41) is 8.38. The second kappa shape index (κ2) is 2.23. The summed E-state index contributed by atoms with van der Waals surface area (Å²) in [5.74, 6) is 0. The summed E-state index contributed by atoms with van der Waals surface area (Å²) in [5.41, 5.74) is 1.55. The van der Waals surface area contributed by atoms with Gasteiger partial charge in [0.25, 0.3) is 0 Å². The van der Waals surface area contributed by atoms with Crippen LogP contribution in [0.3, 0.4) is 0 Å². The Kier molecular flexibility index (Phi) is 1.42. The number of hydrogen-bond donors (Lipinski definition) is 0. The van der Waals surface area contributed by atoms with E-state index in [0.29, 0.717) is 5.56 Å². The van der Waals surface area contributed by atoms with E-state index in [1.54, 1.807) is 12.1 Å². The van der Waals surface area contributed by atoms with Crippen LogP contribution in [0, 0.1) is 18.3 Å². The first-order valence-electron chi connectivity index (χ1n) is 2.65. The van der Waals surface area contributed by atoms with Crippen molar-refractivity contribution < 1.29 is 0 Å². The van der Waals surface area contributed by atoms with Crippen LogP contribution in [0.15, 0.2) is 24.3 Å². The van der Waals surface area contributed by atoms with Gasteiger partial charge in [-0.2, -0.15) is 5.26 Å². The molecule has 1 nitrogen and oxygen atoms in total. The molecule has 0 N–H and O–H groups in total. The molecule has 0 amide bonds. The fourth-order valence-electron chi connectivity index (χ4n) is 0.641. The zero-order valence-corrected chi connectivity index (χ0v) is 4.96. The van der Waals surface area contributed by atoms with Gasteiger partial charge in [0.15, 0.2) is 0 Å². The molecular weight excluding hydrogens is 110 g/mol. The van der Waals surface area contributed by atoms with E-state index in [1.807, 2.05) is 18.2 Å². The largest absolute Gasteiger partial charge is 0.191 e. The Hall–Kier alpha value is -1.42. The lowest BCUT2D eigenvalue weighted by Crippen LogP contribution is -1.73. The Labute approximate surface area is 54.6 Å². The van der Waals surface area contributed by atoms with Crippen molar-refractivity contribution in [3.05, 3.63) is 42.3 Å². The van der Waals surface area contributed by atoms with E-state index in [4.69, 9.17) is 5.26 Å². The molecule has 0 atom stereocenters. The molecule has 1 heteroatoms. The second-order valence-electron chi connectivity index (χ2n) is 1.81. The van der Waals surface area contributed by atoms with Gasteiger partial charge in [-0.05, 0) is 12.1 Å². The van der Waals surface area contributed by atoms with E-state index in [0.717, 1.165) is 5.56 Å². The first-order valence-corrected chi connectivity index (χ1v) is 2.65. The Bertz CT molecular complexity index is 245. The molecule has 0 aromatic heterocycles. The van der Waals surface area contributed by atoms with Crippen molar-refractivity contribution in [3.63, 3.8) is 0 Å². The van der Waals surface area contributed by atoms with Crippen molar-refractivity contribution in [3.8, 4) is 6.07 Å². The smallest absolute Gasteiger partial charge is 0.128 e. The topological polar surface area (TPSA) is 23.8 Å². The van der Waals surface area contributed by atoms with Gasteiger partial charge in [-0.3, -0.25) is 0 Å². The fourth-order valence-corrected chi connectivity index (χ4v) is 0.641. The van der Waals surface area contributed by atoms with E-state index in [1.165, 1.54) is 0 Å². The van der Waals surface area contributed by atoms with Crippen LogP contribution in [0.25, 0.3) is 0 Å². The molecule has 0 aliphatic heterocycles. The highest BCUT2D eigenvalue weighted by molar-refractivity contribution is 5.33. The van der Waals surface area contributed by atoms with E-state index < -0.39 is 0 Å². The maximum atomic E-state index is 8.38. The van der Waals surface area contributed by atoms with Crippen LogP contribution in [0.1, 0.15) is 11.1 Å². The van der Waals surface area contributed by atoms with E-state index in [9.17, 15) is 0 Å². The average Bonchev–Trinajstić information content (AvgIpc) is 1.88. The first kappa shape index (κ1) is 5.71. The van der Waals surface area contributed by atoms with Crippen LogP contribution in [-0.2, 0) is 0 Å². The molecule has 1 aromatic rings. The highest BCUT2D eigenvalue weighted by Crippen LogP contribution is 2.00. The van der Waals surface area contributed by atoms with Crippen LogP contribution >= 0.6 is 0 Å². The SMILES string of the molecule is [CH2+]c1cccc(C#N)c1. The van der Waals surface area contributed by atoms with E-state index in [2.05, 4.69) is 6.92 Å². The van der Waals surface area contributed by atoms with Crippen LogP contribution in [-0.4, -0.2) is 0 Å². The third-order valence-electron chi connectivity index (χ3n) is 1.06. The zero-order chi connectivity index (χ0) is 6.69. The summed E-state index contributed by atoms with van der Waals surface area (Å²) in [6.45, 7) is 3.68. The molecule has 0 heterocycles. The Morgan fingerprint density at radius 1 is 1.44 bits per heavy atom. The van der Waals surface area contributed by atoms with Crippen LogP contribution in [0.2, 0.25) is 0 Å². The normalized spacial score (nSPS) is 8.33. The van der Waals surface area contributed by atoms with Gasteiger partial charge in [0.2, 0.25) is 0 Å². The number of rotatable bonds is 0. The number of benzene rings is 1. The molecule has 0 bridgehead atoms. The van der Waals surface area contributed by atoms with Crippen molar-refractivity contribution in [2.24, 2.45) is 0 Å². The minimum Gasteiger partial charge on any atom is -0.191 e. The molecule has 0 aliphatic carbocycles. The molecule has 9 heavy (non-hydrogen) atoms.